The summed E-state index contributed by atoms with van der Waals surface area (Å²) >= 11 is 3.52. The van der Waals surface area contributed by atoms with E-state index in [0.29, 0.717) is 13.0 Å². The number of cyclic esters (lactones) is 1. The van der Waals surface area contributed by atoms with Crippen LogP contribution in [0.25, 0.3) is 0 Å². The standard InChI is InChI=1S/C16H18BrNO4/c1-10-14-13(15(19)22-10)7-12(17)8-18(14)16(20)21-9-11-5-3-2-4-6-11/h2-6,10,12-14H,7-9H2,1H3. The fourth-order valence-corrected chi connectivity index (χ4v) is 3.91. The Bertz CT molecular complexity index is 565. The van der Waals surface area contributed by atoms with Crippen LogP contribution in [0.15, 0.2) is 30.3 Å². The molecule has 2 saturated heterocycles. The van der Waals surface area contributed by atoms with Crippen molar-refractivity contribution in [3.63, 3.8) is 0 Å². The lowest BCUT2D eigenvalue weighted by Crippen LogP contribution is -2.54. The van der Waals surface area contributed by atoms with Crippen LogP contribution in [0, 0.1) is 5.92 Å². The summed E-state index contributed by atoms with van der Waals surface area (Å²) in [7, 11) is 0. The lowest BCUT2D eigenvalue weighted by molar-refractivity contribution is -0.143. The molecule has 0 aromatic heterocycles. The Kier molecular flexibility index (Phi) is 4.38. The van der Waals surface area contributed by atoms with Crippen molar-refractivity contribution in [3.8, 4) is 0 Å². The highest BCUT2D eigenvalue weighted by atomic mass is 79.9. The minimum atomic E-state index is -0.395. The summed E-state index contributed by atoms with van der Waals surface area (Å²) in [5.41, 5.74) is 0.937. The second-order valence-corrected chi connectivity index (χ2v) is 7.06. The molecule has 0 saturated carbocycles. The lowest BCUT2D eigenvalue weighted by Gasteiger charge is -2.38. The summed E-state index contributed by atoms with van der Waals surface area (Å²) in [6, 6.07) is 9.30. The fourth-order valence-electron chi connectivity index (χ4n) is 3.20. The van der Waals surface area contributed by atoms with E-state index in [-0.39, 0.29) is 35.5 Å². The monoisotopic (exact) mass is 367 g/mol. The summed E-state index contributed by atoms with van der Waals surface area (Å²) in [6.07, 6.45) is 0.00553. The number of ether oxygens (including phenoxy) is 2. The van der Waals surface area contributed by atoms with E-state index in [9.17, 15) is 9.59 Å². The van der Waals surface area contributed by atoms with Gasteiger partial charge in [0.2, 0.25) is 0 Å². The van der Waals surface area contributed by atoms with Gasteiger partial charge in [0, 0.05) is 11.4 Å². The van der Waals surface area contributed by atoms with E-state index in [2.05, 4.69) is 15.9 Å². The zero-order valence-electron chi connectivity index (χ0n) is 12.3. The Balaban J connectivity index is 1.69. The molecule has 22 heavy (non-hydrogen) atoms. The predicted molar refractivity (Wildman–Crippen MR) is 83.5 cm³/mol. The van der Waals surface area contributed by atoms with Crippen molar-refractivity contribution in [2.45, 2.75) is 36.9 Å². The van der Waals surface area contributed by atoms with Crippen LogP contribution in [-0.4, -0.2) is 40.5 Å². The van der Waals surface area contributed by atoms with E-state index in [1.54, 1.807) is 4.90 Å². The molecule has 1 aromatic carbocycles. The van der Waals surface area contributed by atoms with Gasteiger partial charge in [-0.05, 0) is 18.9 Å². The van der Waals surface area contributed by atoms with E-state index >= 15 is 0 Å². The number of fused-ring (bicyclic) bond motifs is 1. The molecule has 118 valence electrons. The normalized spacial score (nSPS) is 30.6. The molecule has 4 atom stereocenters. The first-order valence-corrected chi connectivity index (χ1v) is 8.29. The van der Waals surface area contributed by atoms with Crippen molar-refractivity contribution in [1.29, 1.82) is 0 Å². The number of hydrogen-bond acceptors (Lipinski definition) is 4. The van der Waals surface area contributed by atoms with Crippen molar-refractivity contribution in [1.82, 2.24) is 4.90 Å². The number of benzene rings is 1. The van der Waals surface area contributed by atoms with Crippen LogP contribution in [0.1, 0.15) is 18.9 Å². The molecule has 2 aliphatic rings. The first kappa shape index (κ1) is 15.3. The number of hydrogen-bond donors (Lipinski definition) is 0. The number of amides is 1. The Labute approximate surface area is 137 Å². The SMILES string of the molecule is CC1OC(=O)C2CC(Br)CN(C(=O)OCc3ccccc3)C12. The summed E-state index contributed by atoms with van der Waals surface area (Å²) in [4.78, 5) is 26.0. The highest BCUT2D eigenvalue weighted by Crippen LogP contribution is 2.36. The van der Waals surface area contributed by atoms with E-state index in [1.165, 1.54) is 0 Å². The van der Waals surface area contributed by atoms with Crippen molar-refractivity contribution < 1.29 is 19.1 Å². The second-order valence-electron chi connectivity index (χ2n) is 5.76. The van der Waals surface area contributed by atoms with Crippen LogP contribution in [0.3, 0.4) is 0 Å². The first-order chi connectivity index (χ1) is 10.6. The van der Waals surface area contributed by atoms with Gasteiger partial charge in [-0.25, -0.2) is 4.79 Å². The van der Waals surface area contributed by atoms with Gasteiger partial charge < -0.3 is 9.47 Å². The zero-order valence-corrected chi connectivity index (χ0v) is 13.9. The number of alkyl halides is 1. The topological polar surface area (TPSA) is 55.8 Å². The van der Waals surface area contributed by atoms with E-state index in [4.69, 9.17) is 9.47 Å². The molecule has 0 N–H and O–H groups in total. The molecule has 6 heteroatoms. The number of nitrogens with zero attached hydrogens (tertiary/aromatic N) is 1. The number of carbonyl (C=O) groups excluding carboxylic acids is 2. The summed E-state index contributed by atoms with van der Waals surface area (Å²) in [6.45, 7) is 2.58. The van der Waals surface area contributed by atoms with Gasteiger partial charge in [-0.15, -0.1) is 0 Å². The molecule has 0 bridgehead atoms. The maximum Gasteiger partial charge on any atom is 0.410 e. The Hall–Kier alpha value is -1.56. The third-order valence-electron chi connectivity index (χ3n) is 4.20. The largest absolute Gasteiger partial charge is 0.460 e. The fraction of sp³-hybridized carbons (Fsp3) is 0.500. The van der Waals surface area contributed by atoms with E-state index < -0.39 is 6.09 Å². The number of rotatable bonds is 2. The summed E-state index contributed by atoms with van der Waals surface area (Å²) < 4.78 is 10.7. The third kappa shape index (κ3) is 2.97. The minimum absolute atomic E-state index is 0.0795. The predicted octanol–water partition coefficient (Wildman–Crippen LogP) is 2.72. The van der Waals surface area contributed by atoms with Gasteiger partial charge in [-0.3, -0.25) is 9.69 Å². The number of halogens is 1. The number of likely N-dealkylation sites (tertiary alicyclic amines) is 1. The molecule has 1 amide bonds. The molecule has 1 aromatic rings. The maximum atomic E-state index is 12.4. The van der Waals surface area contributed by atoms with Gasteiger partial charge in [0.15, 0.2) is 0 Å². The van der Waals surface area contributed by atoms with Crippen LogP contribution in [0.2, 0.25) is 0 Å². The number of esters is 1. The van der Waals surface area contributed by atoms with Crippen molar-refractivity contribution in [2.75, 3.05) is 6.54 Å². The maximum absolute atomic E-state index is 12.4. The minimum Gasteiger partial charge on any atom is -0.460 e. The quantitative estimate of drug-likeness (QED) is 0.595. The van der Waals surface area contributed by atoms with E-state index in [1.807, 2.05) is 37.3 Å². The Morgan fingerprint density at radius 2 is 2.14 bits per heavy atom. The molecule has 2 heterocycles. The van der Waals surface area contributed by atoms with Gasteiger partial charge >= 0.3 is 12.1 Å². The van der Waals surface area contributed by atoms with Crippen LogP contribution < -0.4 is 0 Å². The summed E-state index contributed by atoms with van der Waals surface area (Å²) in [5.74, 6) is -0.486. The van der Waals surface area contributed by atoms with Crippen molar-refractivity contribution >= 4 is 28.0 Å². The highest BCUT2D eigenvalue weighted by molar-refractivity contribution is 9.09. The smallest absolute Gasteiger partial charge is 0.410 e. The van der Waals surface area contributed by atoms with Gasteiger partial charge in [-0.2, -0.15) is 0 Å². The molecular formula is C16H18BrNO4. The molecule has 2 aliphatic heterocycles. The molecule has 4 unspecified atom stereocenters. The van der Waals surface area contributed by atoms with Crippen molar-refractivity contribution in [2.24, 2.45) is 5.92 Å². The Morgan fingerprint density at radius 1 is 1.41 bits per heavy atom. The second kappa shape index (κ2) is 6.28. The number of piperidine rings is 1. The van der Waals surface area contributed by atoms with Crippen LogP contribution in [0.5, 0.6) is 0 Å². The third-order valence-corrected chi connectivity index (χ3v) is 4.87. The van der Waals surface area contributed by atoms with Crippen LogP contribution >= 0.6 is 15.9 Å². The zero-order chi connectivity index (χ0) is 15.7. The number of carbonyl (C=O) groups is 2. The lowest BCUT2D eigenvalue weighted by atomic mass is 9.89. The van der Waals surface area contributed by atoms with Crippen LogP contribution in [-0.2, 0) is 20.9 Å². The molecule has 0 aliphatic carbocycles. The average Bonchev–Trinajstić information content (AvgIpc) is 2.79. The molecule has 3 rings (SSSR count). The average molecular weight is 368 g/mol. The van der Waals surface area contributed by atoms with Gasteiger partial charge in [0.25, 0.3) is 0 Å². The molecule has 5 nitrogen and oxygen atoms in total. The highest BCUT2D eigenvalue weighted by Gasteiger charge is 2.51. The van der Waals surface area contributed by atoms with Gasteiger partial charge in [0.1, 0.15) is 12.7 Å². The Morgan fingerprint density at radius 3 is 2.86 bits per heavy atom. The van der Waals surface area contributed by atoms with Crippen molar-refractivity contribution in [3.05, 3.63) is 35.9 Å². The molecular weight excluding hydrogens is 350 g/mol. The summed E-state index contributed by atoms with van der Waals surface area (Å²) in [5, 5.41) is 0. The molecule has 0 spiro atoms. The van der Waals surface area contributed by atoms with Crippen LogP contribution in [0.4, 0.5) is 4.79 Å². The molecule has 0 radical (unpaired) electrons. The first-order valence-electron chi connectivity index (χ1n) is 7.38. The van der Waals surface area contributed by atoms with Gasteiger partial charge in [0.05, 0.1) is 12.0 Å². The van der Waals surface area contributed by atoms with Gasteiger partial charge in [-0.1, -0.05) is 46.3 Å². The van der Waals surface area contributed by atoms with E-state index in [0.717, 1.165) is 5.56 Å². The molecule has 2 fully saturated rings.